The third-order valence-electron chi connectivity index (χ3n) is 5.36. The van der Waals surface area contributed by atoms with Crippen molar-refractivity contribution >= 4 is 17.7 Å². The summed E-state index contributed by atoms with van der Waals surface area (Å²) in [5.41, 5.74) is 13.1. The quantitative estimate of drug-likeness (QED) is 0.243. The fraction of sp³-hybridized carbons (Fsp3) is 0.708. The molecule has 0 aliphatic carbocycles. The number of carboxylic acid groups (broad SMARTS) is 1. The number of ketones is 1. The van der Waals surface area contributed by atoms with Crippen molar-refractivity contribution in [2.75, 3.05) is 0 Å². The summed E-state index contributed by atoms with van der Waals surface area (Å²) in [7, 11) is 0. The number of nitrogens with one attached hydrogen (secondary N) is 1. The highest BCUT2D eigenvalue weighted by molar-refractivity contribution is 6.03. The molecule has 1 amide bonds. The van der Waals surface area contributed by atoms with E-state index in [9.17, 15) is 14.4 Å². The van der Waals surface area contributed by atoms with E-state index in [0.717, 1.165) is 12.0 Å². The molecule has 0 aromatic rings. The molecule has 0 aliphatic heterocycles. The molecule has 7 nitrogen and oxygen atoms in total. The third kappa shape index (κ3) is 9.68. The normalized spacial score (nSPS) is 16.2. The number of carboxylic acids is 1. The van der Waals surface area contributed by atoms with Crippen LogP contribution in [0.25, 0.3) is 0 Å². The van der Waals surface area contributed by atoms with E-state index >= 15 is 0 Å². The zero-order valence-corrected chi connectivity index (χ0v) is 20.3. The van der Waals surface area contributed by atoms with E-state index in [4.69, 9.17) is 16.6 Å². The van der Waals surface area contributed by atoms with Crippen LogP contribution in [0.1, 0.15) is 67.7 Å². The molecule has 0 heterocycles. The predicted molar refractivity (Wildman–Crippen MR) is 125 cm³/mol. The molecule has 4 atom stereocenters. The first-order valence-electron chi connectivity index (χ1n) is 11.1. The number of amides is 1. The summed E-state index contributed by atoms with van der Waals surface area (Å²) in [6, 6.07) is -1.27. The molecule has 0 aromatic heterocycles. The van der Waals surface area contributed by atoms with Gasteiger partial charge in [0.05, 0.1) is 5.92 Å². The largest absolute Gasteiger partial charge is 0.480 e. The Kier molecular flexibility index (Phi) is 12.4. The van der Waals surface area contributed by atoms with Gasteiger partial charge < -0.3 is 21.9 Å². The fourth-order valence-corrected chi connectivity index (χ4v) is 3.74. The maximum Gasteiger partial charge on any atom is 0.325 e. The maximum atomic E-state index is 13.5. The van der Waals surface area contributed by atoms with Crippen LogP contribution in [-0.2, 0) is 14.4 Å². The van der Waals surface area contributed by atoms with Gasteiger partial charge in [-0.1, -0.05) is 53.7 Å². The van der Waals surface area contributed by atoms with Gasteiger partial charge >= 0.3 is 5.97 Å². The molecule has 0 bridgehead atoms. The average molecular weight is 438 g/mol. The molecule has 0 radical (unpaired) electrons. The molecular formula is C24H43N3O4. The van der Waals surface area contributed by atoms with Gasteiger partial charge in [-0.2, -0.15) is 0 Å². The summed E-state index contributed by atoms with van der Waals surface area (Å²) in [6.07, 6.45) is 3.02. The van der Waals surface area contributed by atoms with Crippen LogP contribution >= 0.6 is 0 Å². The Labute approximate surface area is 187 Å². The summed E-state index contributed by atoms with van der Waals surface area (Å²) in [5.74, 6) is -2.69. The number of Topliss-reactive ketones (excluding diaryl/α,β-unsaturated/α-hetero) is 1. The molecule has 6 N–H and O–H groups in total. The van der Waals surface area contributed by atoms with Crippen molar-refractivity contribution in [2.45, 2.75) is 79.8 Å². The Balaban J connectivity index is 5.80. The van der Waals surface area contributed by atoms with Crippen molar-refractivity contribution in [2.24, 2.45) is 41.1 Å². The number of carbonyl (C=O) groups is 3. The van der Waals surface area contributed by atoms with Crippen molar-refractivity contribution in [3.63, 3.8) is 0 Å². The molecule has 0 spiro atoms. The number of hydrogen-bond donors (Lipinski definition) is 4. The topological polar surface area (TPSA) is 136 Å². The van der Waals surface area contributed by atoms with Crippen LogP contribution in [0.5, 0.6) is 0 Å². The van der Waals surface area contributed by atoms with E-state index in [1.165, 1.54) is 13.1 Å². The Hall–Kier alpha value is -2.15. The summed E-state index contributed by atoms with van der Waals surface area (Å²) in [5, 5.41) is 11.6. The van der Waals surface area contributed by atoms with Gasteiger partial charge in [0.1, 0.15) is 6.04 Å². The molecular weight excluding hydrogens is 394 g/mol. The fourth-order valence-electron chi connectivity index (χ4n) is 3.74. The van der Waals surface area contributed by atoms with Gasteiger partial charge in [0.2, 0.25) is 5.91 Å². The smallest absolute Gasteiger partial charge is 0.325 e. The van der Waals surface area contributed by atoms with Crippen LogP contribution in [0, 0.1) is 29.6 Å². The lowest BCUT2D eigenvalue weighted by molar-refractivity contribution is -0.142. The minimum atomic E-state index is -1.14. The second-order valence-corrected chi connectivity index (χ2v) is 9.70. The van der Waals surface area contributed by atoms with Gasteiger partial charge in [-0.25, -0.2) is 0 Å². The van der Waals surface area contributed by atoms with Crippen LogP contribution in [0.3, 0.4) is 0 Å². The Morgan fingerprint density at radius 1 is 1.00 bits per heavy atom. The molecule has 0 fully saturated rings. The average Bonchev–Trinajstić information content (AvgIpc) is 2.62. The van der Waals surface area contributed by atoms with E-state index in [2.05, 4.69) is 25.7 Å². The highest BCUT2D eigenvalue weighted by atomic mass is 16.4. The van der Waals surface area contributed by atoms with E-state index in [-0.39, 0.29) is 29.2 Å². The van der Waals surface area contributed by atoms with Crippen molar-refractivity contribution in [1.82, 2.24) is 5.32 Å². The number of carbonyl (C=O) groups excluding carboxylic acids is 2. The number of nitrogens with two attached hydrogens (primary N) is 2. The summed E-state index contributed by atoms with van der Waals surface area (Å²) in [6.45, 7) is 17.4. The number of aliphatic carboxylic acids is 1. The van der Waals surface area contributed by atoms with Crippen LogP contribution in [0.15, 0.2) is 23.9 Å². The lowest BCUT2D eigenvalue weighted by Gasteiger charge is -2.28. The predicted octanol–water partition coefficient (Wildman–Crippen LogP) is 3.24. The molecule has 0 aliphatic rings. The standard InChI is InChI=1S/C24H43N3O4/c1-13(2)9-18(11-16(7)20(26)10-14(3)4)22(28)19(12-25)21(15(5)6)23(29)27-17(8)24(30)31/h12-15,17-18,20-21H,7,9-11,25-26H2,1-6,8H3,(H,27,29)(H,30,31)/b19-12-/t17-,18+,20-,21+/m0/s1. The molecule has 0 saturated carbocycles. The van der Waals surface area contributed by atoms with Crippen molar-refractivity contribution < 1.29 is 19.5 Å². The first-order chi connectivity index (χ1) is 14.2. The van der Waals surface area contributed by atoms with Crippen LogP contribution in [0.2, 0.25) is 0 Å². The van der Waals surface area contributed by atoms with Gasteiger partial charge in [-0.3, -0.25) is 14.4 Å². The SMILES string of the molecule is C=C(C[C@@H](CC(C)C)C(=O)/C(=C\N)[C@H](C(=O)N[C@@H](C)C(=O)O)C(C)C)[C@@H](N)CC(C)C. The molecule has 0 rings (SSSR count). The molecule has 31 heavy (non-hydrogen) atoms. The zero-order valence-electron chi connectivity index (χ0n) is 20.3. The Morgan fingerprint density at radius 3 is 1.90 bits per heavy atom. The second-order valence-electron chi connectivity index (χ2n) is 9.70. The van der Waals surface area contributed by atoms with Crippen molar-refractivity contribution in [3.05, 3.63) is 23.9 Å². The molecule has 7 heteroatoms. The van der Waals surface area contributed by atoms with Gasteiger partial charge in [0.15, 0.2) is 5.78 Å². The monoisotopic (exact) mass is 437 g/mol. The summed E-state index contributed by atoms with van der Waals surface area (Å²) in [4.78, 5) is 37.5. The first kappa shape index (κ1) is 28.9. The lowest BCUT2D eigenvalue weighted by atomic mass is 9.77. The van der Waals surface area contributed by atoms with Gasteiger partial charge in [0.25, 0.3) is 0 Å². The second kappa shape index (κ2) is 13.3. The summed E-state index contributed by atoms with van der Waals surface area (Å²) >= 11 is 0. The maximum absolute atomic E-state index is 13.5. The van der Waals surface area contributed by atoms with E-state index < -0.39 is 29.8 Å². The van der Waals surface area contributed by atoms with Gasteiger partial charge in [-0.05, 0) is 43.9 Å². The van der Waals surface area contributed by atoms with E-state index in [1.54, 1.807) is 13.8 Å². The van der Waals surface area contributed by atoms with E-state index in [0.29, 0.717) is 18.8 Å². The summed E-state index contributed by atoms with van der Waals surface area (Å²) < 4.78 is 0. The van der Waals surface area contributed by atoms with Crippen LogP contribution < -0.4 is 16.8 Å². The van der Waals surface area contributed by atoms with Gasteiger partial charge in [-0.15, -0.1) is 0 Å². The van der Waals surface area contributed by atoms with Crippen molar-refractivity contribution in [1.29, 1.82) is 0 Å². The van der Waals surface area contributed by atoms with Gasteiger partial charge in [0, 0.05) is 23.7 Å². The number of hydrogen-bond acceptors (Lipinski definition) is 5. The molecule has 178 valence electrons. The van der Waals surface area contributed by atoms with Crippen LogP contribution in [0.4, 0.5) is 0 Å². The molecule has 0 saturated heterocycles. The van der Waals surface area contributed by atoms with Crippen LogP contribution in [-0.4, -0.2) is 34.8 Å². The Morgan fingerprint density at radius 2 is 1.52 bits per heavy atom. The third-order valence-corrected chi connectivity index (χ3v) is 5.36. The first-order valence-corrected chi connectivity index (χ1v) is 11.1. The molecule has 0 unspecified atom stereocenters. The minimum absolute atomic E-state index is 0.201. The lowest BCUT2D eigenvalue weighted by Crippen LogP contribution is -2.45. The minimum Gasteiger partial charge on any atom is -0.480 e. The molecule has 0 aromatic carbocycles. The number of rotatable bonds is 14. The van der Waals surface area contributed by atoms with E-state index in [1.807, 2.05) is 13.8 Å². The Bertz CT molecular complexity index is 668. The highest BCUT2D eigenvalue weighted by Crippen LogP contribution is 2.30. The highest BCUT2D eigenvalue weighted by Gasteiger charge is 2.35. The zero-order chi connectivity index (χ0) is 24.5. The van der Waals surface area contributed by atoms with Crippen molar-refractivity contribution in [3.8, 4) is 0 Å².